The lowest BCUT2D eigenvalue weighted by molar-refractivity contribution is -0.148. The summed E-state index contributed by atoms with van der Waals surface area (Å²) in [4.78, 5) is 12.1. The van der Waals surface area contributed by atoms with Gasteiger partial charge in [-0.15, -0.1) is 0 Å². The molecule has 2 atom stereocenters. The van der Waals surface area contributed by atoms with Gasteiger partial charge in [-0.3, -0.25) is 4.79 Å². The molecule has 0 radical (unpaired) electrons. The van der Waals surface area contributed by atoms with Gasteiger partial charge in [0.2, 0.25) is 0 Å². The molecule has 0 spiro atoms. The number of carbonyl (C=O) groups excluding carboxylic acids is 1. The van der Waals surface area contributed by atoms with Gasteiger partial charge in [0.1, 0.15) is 0 Å². The fourth-order valence-corrected chi connectivity index (χ4v) is 2.38. The Hall–Kier alpha value is -1.23. The van der Waals surface area contributed by atoms with Crippen molar-refractivity contribution in [3.8, 4) is 11.8 Å². The van der Waals surface area contributed by atoms with Crippen molar-refractivity contribution in [1.29, 1.82) is 0 Å². The van der Waals surface area contributed by atoms with Crippen LogP contribution in [0.4, 0.5) is 0 Å². The molecule has 0 aliphatic rings. The van der Waals surface area contributed by atoms with Gasteiger partial charge in [0.15, 0.2) is 6.10 Å². The zero-order valence-corrected chi connectivity index (χ0v) is 14.9. The molecule has 0 amide bonds. The van der Waals surface area contributed by atoms with Crippen LogP contribution in [0, 0.1) is 29.1 Å². The van der Waals surface area contributed by atoms with E-state index < -0.39 is 0 Å². The molecule has 120 valence electrons. The number of allylic oxidation sites excluding steroid dienone is 1. The molecule has 21 heavy (non-hydrogen) atoms. The van der Waals surface area contributed by atoms with Crippen LogP contribution in [0.25, 0.3) is 0 Å². The van der Waals surface area contributed by atoms with Gasteiger partial charge in [0, 0.05) is 6.42 Å². The van der Waals surface area contributed by atoms with E-state index in [2.05, 4.69) is 60.0 Å². The summed E-state index contributed by atoms with van der Waals surface area (Å²) in [5.41, 5.74) is 1.03. The molecule has 0 saturated carbocycles. The molecule has 0 aromatic rings. The lowest BCUT2D eigenvalue weighted by Gasteiger charge is -2.23. The second-order valence-electron chi connectivity index (χ2n) is 7.73. The molecular formula is C19H32O2. The highest BCUT2D eigenvalue weighted by Crippen LogP contribution is 2.26. The zero-order valence-electron chi connectivity index (χ0n) is 14.9. The van der Waals surface area contributed by atoms with Gasteiger partial charge in [-0.25, -0.2) is 0 Å². The second-order valence-corrected chi connectivity index (χ2v) is 7.73. The van der Waals surface area contributed by atoms with Crippen molar-refractivity contribution in [2.24, 2.45) is 17.3 Å². The molecular weight excluding hydrogens is 260 g/mol. The van der Waals surface area contributed by atoms with E-state index in [-0.39, 0.29) is 17.5 Å². The lowest BCUT2D eigenvalue weighted by Crippen LogP contribution is -2.21. The van der Waals surface area contributed by atoms with Crippen molar-refractivity contribution in [1.82, 2.24) is 0 Å². The summed E-state index contributed by atoms with van der Waals surface area (Å²) in [6, 6.07) is 0. The highest BCUT2D eigenvalue weighted by molar-refractivity contribution is 5.70. The van der Waals surface area contributed by atoms with Crippen molar-refractivity contribution in [3.63, 3.8) is 0 Å². The molecule has 0 saturated heterocycles. The number of carbonyl (C=O) groups is 1. The quantitative estimate of drug-likeness (QED) is 0.509. The molecule has 0 aromatic heterocycles. The fourth-order valence-electron chi connectivity index (χ4n) is 2.38. The van der Waals surface area contributed by atoms with Crippen molar-refractivity contribution in [3.05, 3.63) is 12.2 Å². The van der Waals surface area contributed by atoms with E-state index in [4.69, 9.17) is 4.74 Å². The van der Waals surface area contributed by atoms with E-state index >= 15 is 0 Å². The van der Waals surface area contributed by atoms with Gasteiger partial charge in [0.25, 0.3) is 0 Å². The van der Waals surface area contributed by atoms with Crippen LogP contribution < -0.4 is 0 Å². The molecule has 2 nitrogen and oxygen atoms in total. The van der Waals surface area contributed by atoms with E-state index in [0.717, 1.165) is 18.4 Å². The van der Waals surface area contributed by atoms with Crippen molar-refractivity contribution < 1.29 is 9.53 Å². The van der Waals surface area contributed by atoms with Crippen LogP contribution in [0.15, 0.2) is 12.2 Å². The summed E-state index contributed by atoms with van der Waals surface area (Å²) in [7, 11) is 0. The first-order valence-corrected chi connectivity index (χ1v) is 7.86. The minimum absolute atomic E-state index is 0.145. The van der Waals surface area contributed by atoms with Crippen LogP contribution in [0.3, 0.4) is 0 Å². The van der Waals surface area contributed by atoms with Gasteiger partial charge < -0.3 is 4.74 Å². The van der Waals surface area contributed by atoms with Crippen LogP contribution in [-0.4, -0.2) is 12.1 Å². The van der Waals surface area contributed by atoms with Crippen LogP contribution in [0.2, 0.25) is 0 Å². The Bertz CT molecular complexity index is 402. The highest BCUT2D eigenvalue weighted by atomic mass is 16.5. The Balaban J connectivity index is 4.53. The summed E-state index contributed by atoms with van der Waals surface area (Å²) in [5.74, 6) is 6.56. The van der Waals surface area contributed by atoms with Crippen LogP contribution in [0.5, 0.6) is 0 Å². The monoisotopic (exact) mass is 292 g/mol. The molecule has 0 heterocycles. The molecule has 0 rings (SSSR count). The summed E-state index contributed by atoms with van der Waals surface area (Å²) in [6.45, 7) is 18.5. The Morgan fingerprint density at radius 1 is 1.24 bits per heavy atom. The van der Waals surface area contributed by atoms with Crippen LogP contribution >= 0.6 is 0 Å². The molecule has 2 heteroatoms. The van der Waals surface area contributed by atoms with E-state index in [1.54, 1.807) is 0 Å². The van der Waals surface area contributed by atoms with Crippen molar-refractivity contribution >= 4 is 5.97 Å². The number of ether oxygens (including phenoxy) is 1. The van der Waals surface area contributed by atoms with Crippen molar-refractivity contribution in [2.75, 3.05) is 0 Å². The maximum Gasteiger partial charge on any atom is 0.307 e. The molecule has 0 fully saturated rings. The standard InChI is InChI=1S/C19H32O2/c1-14(2)9-10-17(11-15(3)4)21-18(20)12-16(5)13-19(6,7)8/h15-17H,1,11-13H2,2-8H3. The molecule has 0 aliphatic carbocycles. The summed E-state index contributed by atoms with van der Waals surface area (Å²) in [5, 5.41) is 0. The Kier molecular flexibility index (Phi) is 8.40. The maximum absolute atomic E-state index is 12.1. The highest BCUT2D eigenvalue weighted by Gasteiger charge is 2.20. The van der Waals surface area contributed by atoms with Gasteiger partial charge in [-0.2, -0.15) is 0 Å². The third kappa shape index (κ3) is 12.2. The number of hydrogen-bond acceptors (Lipinski definition) is 2. The topological polar surface area (TPSA) is 26.3 Å². The first-order valence-electron chi connectivity index (χ1n) is 7.86. The van der Waals surface area contributed by atoms with Gasteiger partial charge in [-0.1, -0.05) is 60.0 Å². The third-order valence-electron chi connectivity index (χ3n) is 2.88. The smallest absolute Gasteiger partial charge is 0.307 e. The SMILES string of the molecule is C=C(C)C#CC(CC(C)C)OC(=O)CC(C)CC(C)(C)C. The summed E-state index contributed by atoms with van der Waals surface area (Å²) < 4.78 is 5.54. The zero-order chi connectivity index (χ0) is 16.6. The molecule has 0 aromatic carbocycles. The second kappa shape index (κ2) is 8.93. The molecule has 2 unspecified atom stereocenters. The fraction of sp³-hybridized carbons (Fsp3) is 0.737. The summed E-state index contributed by atoms with van der Waals surface area (Å²) in [6.07, 6.45) is 1.91. The van der Waals surface area contributed by atoms with Gasteiger partial charge in [0.05, 0.1) is 0 Å². The Morgan fingerprint density at radius 3 is 2.24 bits per heavy atom. The summed E-state index contributed by atoms with van der Waals surface area (Å²) >= 11 is 0. The normalized spacial score (nSPS) is 14.1. The minimum atomic E-state index is -0.323. The largest absolute Gasteiger partial charge is 0.449 e. The predicted octanol–water partition coefficient (Wildman–Crippen LogP) is 4.99. The van der Waals surface area contributed by atoms with Crippen LogP contribution in [-0.2, 0) is 9.53 Å². The van der Waals surface area contributed by atoms with Crippen LogP contribution in [0.1, 0.15) is 67.7 Å². The van der Waals surface area contributed by atoms with E-state index in [1.807, 2.05) is 6.92 Å². The molecule has 0 aliphatic heterocycles. The number of rotatable bonds is 6. The van der Waals surface area contributed by atoms with Crippen molar-refractivity contribution in [2.45, 2.75) is 73.8 Å². The lowest BCUT2D eigenvalue weighted by atomic mass is 9.84. The van der Waals surface area contributed by atoms with E-state index in [9.17, 15) is 4.79 Å². The molecule has 0 bridgehead atoms. The minimum Gasteiger partial charge on any atom is -0.449 e. The first-order chi connectivity index (χ1) is 9.49. The maximum atomic E-state index is 12.1. The first kappa shape index (κ1) is 19.8. The predicted molar refractivity (Wildman–Crippen MR) is 89.8 cm³/mol. The van der Waals surface area contributed by atoms with Gasteiger partial charge in [-0.05, 0) is 42.6 Å². The average Bonchev–Trinajstić information content (AvgIpc) is 2.21. The van der Waals surface area contributed by atoms with Gasteiger partial charge >= 0.3 is 5.97 Å². The van der Waals surface area contributed by atoms with E-state index in [0.29, 0.717) is 18.3 Å². The Morgan fingerprint density at radius 2 is 1.81 bits per heavy atom. The molecule has 0 N–H and O–H groups in total. The number of hydrogen-bond donors (Lipinski definition) is 0. The Labute approximate surface area is 131 Å². The van der Waals surface area contributed by atoms with E-state index in [1.165, 1.54) is 0 Å². The third-order valence-corrected chi connectivity index (χ3v) is 2.88. The average molecular weight is 292 g/mol. The number of esters is 1.